The monoisotopic (exact) mass is 314 g/mol. The minimum absolute atomic E-state index is 0.0188. The molecule has 0 bridgehead atoms. The van der Waals surface area contributed by atoms with Gasteiger partial charge in [-0.15, -0.1) is 0 Å². The van der Waals surface area contributed by atoms with Gasteiger partial charge in [0.25, 0.3) is 5.69 Å². The van der Waals surface area contributed by atoms with E-state index in [9.17, 15) is 14.9 Å². The summed E-state index contributed by atoms with van der Waals surface area (Å²) in [4.78, 5) is 24.0. The fourth-order valence-electron chi connectivity index (χ4n) is 1.87. The lowest BCUT2D eigenvalue weighted by molar-refractivity contribution is -0.385. The molecule has 0 aliphatic rings. The summed E-state index contributed by atoms with van der Waals surface area (Å²) >= 11 is 6.07. The first-order valence-corrected chi connectivity index (χ1v) is 7.06. The van der Waals surface area contributed by atoms with E-state index in [0.29, 0.717) is 17.2 Å². The molecular weight excluding hydrogens is 296 g/mol. The van der Waals surface area contributed by atoms with Gasteiger partial charge in [0.1, 0.15) is 0 Å². The van der Waals surface area contributed by atoms with E-state index in [2.05, 4.69) is 0 Å². The molecule has 0 N–H and O–H groups in total. The average molecular weight is 315 g/mol. The number of benzene rings is 1. The number of nitrogens with zero attached hydrogens (tertiary/aromatic N) is 2. The predicted octanol–water partition coefficient (Wildman–Crippen LogP) is 3.02. The van der Waals surface area contributed by atoms with Gasteiger partial charge >= 0.3 is 5.97 Å². The van der Waals surface area contributed by atoms with Crippen molar-refractivity contribution < 1.29 is 14.5 Å². The van der Waals surface area contributed by atoms with Crippen LogP contribution in [0.3, 0.4) is 0 Å². The second-order valence-corrected chi connectivity index (χ2v) is 5.21. The molecule has 0 aliphatic carbocycles. The Kier molecular flexibility index (Phi) is 6.58. The summed E-state index contributed by atoms with van der Waals surface area (Å²) in [7, 11) is 0. The summed E-state index contributed by atoms with van der Waals surface area (Å²) in [5.41, 5.74) is 0.360. The molecule has 7 heteroatoms. The number of rotatable bonds is 7. The fraction of sp³-hybridized carbons (Fsp3) is 0.500. The minimum Gasteiger partial charge on any atom is -0.465 e. The summed E-state index contributed by atoms with van der Waals surface area (Å²) in [6, 6.07) is 4.57. The predicted molar refractivity (Wildman–Crippen MR) is 80.3 cm³/mol. The van der Waals surface area contributed by atoms with Gasteiger partial charge in [-0.05, 0) is 26.8 Å². The summed E-state index contributed by atoms with van der Waals surface area (Å²) in [6.45, 7) is 6.12. The molecule has 1 aromatic rings. The van der Waals surface area contributed by atoms with Crippen LogP contribution in [0.25, 0.3) is 0 Å². The minimum atomic E-state index is -0.468. The van der Waals surface area contributed by atoms with Gasteiger partial charge in [-0.3, -0.25) is 19.8 Å². The highest BCUT2D eigenvalue weighted by Gasteiger charge is 2.22. The highest BCUT2D eigenvalue weighted by Crippen LogP contribution is 2.28. The first-order valence-electron chi connectivity index (χ1n) is 6.68. The van der Waals surface area contributed by atoms with E-state index < -0.39 is 4.92 Å². The molecule has 0 atom stereocenters. The second kappa shape index (κ2) is 7.95. The molecule has 1 rings (SSSR count). The van der Waals surface area contributed by atoms with Crippen molar-refractivity contribution in [2.24, 2.45) is 0 Å². The zero-order valence-electron chi connectivity index (χ0n) is 12.3. The largest absolute Gasteiger partial charge is 0.465 e. The Labute approximate surface area is 128 Å². The third-order valence-corrected chi connectivity index (χ3v) is 3.37. The Balaban J connectivity index is 2.99. The van der Waals surface area contributed by atoms with Crippen molar-refractivity contribution in [3.8, 4) is 0 Å². The van der Waals surface area contributed by atoms with Crippen LogP contribution in [-0.4, -0.2) is 35.0 Å². The molecule has 6 nitrogen and oxygen atoms in total. The third kappa shape index (κ3) is 4.99. The quantitative estimate of drug-likeness (QED) is 0.439. The van der Waals surface area contributed by atoms with Crippen molar-refractivity contribution in [2.75, 3.05) is 13.2 Å². The number of carbonyl (C=O) groups is 1. The van der Waals surface area contributed by atoms with Crippen molar-refractivity contribution >= 4 is 23.3 Å². The van der Waals surface area contributed by atoms with Crippen molar-refractivity contribution in [3.05, 3.63) is 38.9 Å². The van der Waals surface area contributed by atoms with Crippen LogP contribution in [0, 0.1) is 10.1 Å². The maximum atomic E-state index is 11.6. The first kappa shape index (κ1) is 17.4. The Hall–Kier alpha value is -1.66. The molecule has 0 aliphatic heterocycles. The van der Waals surface area contributed by atoms with Crippen molar-refractivity contribution in [2.45, 2.75) is 33.4 Å². The van der Waals surface area contributed by atoms with E-state index in [0.717, 1.165) is 0 Å². The Morgan fingerprint density at radius 3 is 2.67 bits per heavy atom. The fourth-order valence-corrected chi connectivity index (χ4v) is 2.10. The number of nitro groups is 1. The van der Waals surface area contributed by atoms with E-state index in [1.54, 1.807) is 17.9 Å². The van der Waals surface area contributed by atoms with Gasteiger partial charge in [0.05, 0.1) is 28.7 Å². The molecule has 21 heavy (non-hydrogen) atoms. The molecule has 0 heterocycles. The number of carbonyl (C=O) groups excluding carboxylic acids is 1. The van der Waals surface area contributed by atoms with E-state index in [4.69, 9.17) is 16.3 Å². The normalized spacial score (nSPS) is 11.0. The van der Waals surface area contributed by atoms with Gasteiger partial charge < -0.3 is 4.74 Å². The Morgan fingerprint density at radius 2 is 2.14 bits per heavy atom. The molecule has 0 saturated carbocycles. The topological polar surface area (TPSA) is 72.7 Å². The number of esters is 1. The maximum absolute atomic E-state index is 11.6. The zero-order valence-corrected chi connectivity index (χ0v) is 13.1. The number of nitro benzene ring substituents is 1. The van der Waals surface area contributed by atoms with Crippen molar-refractivity contribution in [3.63, 3.8) is 0 Å². The highest BCUT2D eigenvalue weighted by atomic mass is 35.5. The van der Waals surface area contributed by atoms with E-state index in [1.165, 1.54) is 12.1 Å². The van der Waals surface area contributed by atoms with E-state index in [-0.39, 0.29) is 30.8 Å². The molecular formula is C14H19ClN2O4. The number of ether oxygens (including phenoxy) is 1. The molecule has 0 unspecified atom stereocenters. The molecule has 0 fully saturated rings. The average Bonchev–Trinajstić information content (AvgIpc) is 2.39. The van der Waals surface area contributed by atoms with E-state index >= 15 is 0 Å². The van der Waals surface area contributed by atoms with Crippen LogP contribution in [0.1, 0.15) is 26.3 Å². The van der Waals surface area contributed by atoms with Crippen LogP contribution in [0.5, 0.6) is 0 Å². The summed E-state index contributed by atoms with van der Waals surface area (Å²) < 4.78 is 4.92. The van der Waals surface area contributed by atoms with Gasteiger partial charge in [0.2, 0.25) is 0 Å². The summed E-state index contributed by atoms with van der Waals surface area (Å²) in [5, 5.41) is 11.4. The number of halogens is 1. The Morgan fingerprint density at radius 1 is 1.48 bits per heavy atom. The highest BCUT2D eigenvalue weighted by molar-refractivity contribution is 6.31. The van der Waals surface area contributed by atoms with E-state index in [1.807, 2.05) is 13.8 Å². The van der Waals surface area contributed by atoms with Gasteiger partial charge in [-0.2, -0.15) is 0 Å². The van der Waals surface area contributed by atoms with Crippen molar-refractivity contribution in [1.82, 2.24) is 4.90 Å². The van der Waals surface area contributed by atoms with Crippen LogP contribution in [0.4, 0.5) is 5.69 Å². The molecule has 1 aromatic carbocycles. The number of hydrogen-bond donors (Lipinski definition) is 0. The van der Waals surface area contributed by atoms with Gasteiger partial charge in [-0.1, -0.05) is 17.7 Å². The van der Waals surface area contributed by atoms with Crippen molar-refractivity contribution in [1.29, 1.82) is 0 Å². The second-order valence-electron chi connectivity index (χ2n) is 4.80. The van der Waals surface area contributed by atoms with Crippen LogP contribution in [-0.2, 0) is 16.1 Å². The lowest BCUT2D eigenvalue weighted by atomic mass is 10.1. The molecule has 0 radical (unpaired) electrons. The molecule has 116 valence electrons. The molecule has 0 saturated heterocycles. The first-order chi connectivity index (χ1) is 9.86. The molecule has 0 spiro atoms. The third-order valence-electron chi connectivity index (χ3n) is 3.02. The van der Waals surface area contributed by atoms with Crippen LogP contribution in [0.15, 0.2) is 18.2 Å². The lowest BCUT2D eigenvalue weighted by Crippen LogP contribution is -2.36. The molecule has 0 aromatic heterocycles. The molecule has 0 amide bonds. The lowest BCUT2D eigenvalue weighted by Gasteiger charge is -2.25. The summed E-state index contributed by atoms with van der Waals surface area (Å²) in [5.74, 6) is -0.360. The van der Waals surface area contributed by atoms with Crippen LogP contribution < -0.4 is 0 Å². The van der Waals surface area contributed by atoms with Crippen LogP contribution in [0.2, 0.25) is 5.02 Å². The van der Waals surface area contributed by atoms with Gasteiger partial charge in [-0.25, -0.2) is 0 Å². The van der Waals surface area contributed by atoms with Gasteiger partial charge in [0.15, 0.2) is 0 Å². The maximum Gasteiger partial charge on any atom is 0.320 e. The Bertz CT molecular complexity index is 520. The SMILES string of the molecule is CCOC(=O)CN(Cc1c(Cl)cccc1[N+](=O)[O-])C(C)C. The standard InChI is InChI=1S/C14H19ClN2O4/c1-4-21-14(18)9-16(10(2)3)8-11-12(15)6-5-7-13(11)17(19)20/h5-7,10H,4,8-9H2,1-3H3. The number of hydrogen-bond acceptors (Lipinski definition) is 5. The smallest absolute Gasteiger partial charge is 0.320 e. The summed E-state index contributed by atoms with van der Waals surface area (Å²) in [6.07, 6.45) is 0. The van der Waals surface area contributed by atoms with Crippen LogP contribution >= 0.6 is 11.6 Å². The van der Waals surface area contributed by atoms with Gasteiger partial charge in [0, 0.05) is 18.7 Å². The zero-order chi connectivity index (χ0) is 16.0.